The predicted molar refractivity (Wildman–Crippen MR) is 112 cm³/mol. The summed E-state index contributed by atoms with van der Waals surface area (Å²) >= 11 is 0. The minimum Gasteiger partial charge on any atom is -0.384 e. The summed E-state index contributed by atoms with van der Waals surface area (Å²) in [6, 6.07) is 14.5. The van der Waals surface area contributed by atoms with Crippen molar-refractivity contribution in [3.63, 3.8) is 0 Å². The molecule has 0 radical (unpaired) electrons. The van der Waals surface area contributed by atoms with Crippen LogP contribution in [0.25, 0.3) is 5.69 Å². The van der Waals surface area contributed by atoms with Crippen LogP contribution in [0.5, 0.6) is 0 Å². The Morgan fingerprint density at radius 3 is 2.66 bits per heavy atom. The molecule has 2 aromatic carbocycles. The summed E-state index contributed by atoms with van der Waals surface area (Å²) in [7, 11) is 0. The third-order valence-electron chi connectivity index (χ3n) is 4.55. The first-order chi connectivity index (χ1) is 14.0. The Morgan fingerprint density at radius 2 is 2.00 bits per heavy atom. The van der Waals surface area contributed by atoms with Crippen molar-refractivity contribution in [1.29, 1.82) is 0 Å². The molecule has 0 aliphatic heterocycles. The van der Waals surface area contributed by atoms with Crippen molar-refractivity contribution >= 4 is 5.96 Å². The SMILES string of the molecule is CCNC(=NCc1ccc(-n2ccnc2)c(F)c1)NCC(C)(O)c1ccccc1. The van der Waals surface area contributed by atoms with E-state index in [1.165, 1.54) is 6.07 Å². The molecule has 0 aliphatic rings. The largest absolute Gasteiger partial charge is 0.384 e. The highest BCUT2D eigenvalue weighted by Gasteiger charge is 2.22. The maximum atomic E-state index is 14.4. The molecule has 152 valence electrons. The highest BCUT2D eigenvalue weighted by atomic mass is 19.1. The molecule has 1 heterocycles. The van der Waals surface area contributed by atoms with Crippen LogP contribution in [0.4, 0.5) is 4.39 Å². The van der Waals surface area contributed by atoms with Gasteiger partial charge in [-0.05, 0) is 37.1 Å². The van der Waals surface area contributed by atoms with E-state index in [0.29, 0.717) is 24.7 Å². The second-order valence-corrected chi connectivity index (χ2v) is 6.94. The van der Waals surface area contributed by atoms with Gasteiger partial charge in [0.15, 0.2) is 5.96 Å². The second-order valence-electron chi connectivity index (χ2n) is 6.94. The van der Waals surface area contributed by atoms with Crippen molar-refractivity contribution in [1.82, 2.24) is 20.2 Å². The van der Waals surface area contributed by atoms with Crippen molar-refractivity contribution < 1.29 is 9.50 Å². The van der Waals surface area contributed by atoms with Crippen LogP contribution in [0.3, 0.4) is 0 Å². The fraction of sp³-hybridized carbons (Fsp3) is 0.273. The summed E-state index contributed by atoms with van der Waals surface area (Å²) in [5, 5.41) is 17.1. The number of benzene rings is 2. The molecular formula is C22H26FN5O. The number of nitrogens with zero attached hydrogens (tertiary/aromatic N) is 3. The minimum atomic E-state index is -1.05. The van der Waals surface area contributed by atoms with E-state index in [-0.39, 0.29) is 12.4 Å². The maximum absolute atomic E-state index is 14.4. The number of aromatic nitrogens is 2. The zero-order valence-electron chi connectivity index (χ0n) is 16.6. The summed E-state index contributed by atoms with van der Waals surface area (Å²) in [6.45, 7) is 4.99. The van der Waals surface area contributed by atoms with E-state index in [1.54, 1.807) is 36.3 Å². The van der Waals surface area contributed by atoms with Gasteiger partial charge in [-0.25, -0.2) is 14.4 Å². The molecule has 3 aromatic rings. The average molecular weight is 395 g/mol. The first-order valence-electron chi connectivity index (χ1n) is 9.56. The number of rotatable bonds is 7. The van der Waals surface area contributed by atoms with E-state index in [1.807, 2.05) is 43.3 Å². The van der Waals surface area contributed by atoms with Crippen LogP contribution in [0.1, 0.15) is 25.0 Å². The lowest BCUT2D eigenvalue weighted by Gasteiger charge is -2.25. The monoisotopic (exact) mass is 395 g/mol. The normalized spacial score (nSPS) is 13.7. The third-order valence-corrected chi connectivity index (χ3v) is 4.55. The maximum Gasteiger partial charge on any atom is 0.191 e. The standard InChI is InChI=1S/C22H26FN5O/c1-3-25-21(27-15-22(2,29)18-7-5-4-6-8-18)26-14-17-9-10-20(19(23)13-17)28-12-11-24-16-28/h4-13,16,29H,3,14-15H2,1-2H3,(H2,25,26,27). The number of halogens is 1. The molecule has 0 fully saturated rings. The van der Waals surface area contributed by atoms with E-state index in [9.17, 15) is 9.50 Å². The molecule has 7 heteroatoms. The Hall–Kier alpha value is -3.19. The number of guanidine groups is 1. The smallest absolute Gasteiger partial charge is 0.191 e. The summed E-state index contributed by atoms with van der Waals surface area (Å²) in [6.07, 6.45) is 4.86. The highest BCUT2D eigenvalue weighted by Crippen LogP contribution is 2.19. The minimum absolute atomic E-state index is 0.288. The van der Waals surface area contributed by atoms with Gasteiger partial charge in [-0.2, -0.15) is 0 Å². The number of imidazole rings is 1. The van der Waals surface area contributed by atoms with Crippen molar-refractivity contribution in [2.45, 2.75) is 26.0 Å². The summed E-state index contributed by atoms with van der Waals surface area (Å²) in [5.74, 6) is 0.225. The lowest BCUT2D eigenvalue weighted by Crippen LogP contribution is -2.44. The fourth-order valence-corrected chi connectivity index (χ4v) is 2.93. The molecule has 0 saturated heterocycles. The van der Waals surface area contributed by atoms with E-state index in [4.69, 9.17) is 0 Å². The Bertz CT molecular complexity index is 939. The van der Waals surface area contributed by atoms with Gasteiger partial charge in [-0.15, -0.1) is 0 Å². The van der Waals surface area contributed by atoms with E-state index in [0.717, 1.165) is 11.1 Å². The molecule has 0 amide bonds. The average Bonchev–Trinajstić information content (AvgIpc) is 3.25. The fourth-order valence-electron chi connectivity index (χ4n) is 2.93. The molecule has 0 saturated carbocycles. The lowest BCUT2D eigenvalue weighted by atomic mass is 9.96. The van der Waals surface area contributed by atoms with Crippen LogP contribution in [-0.4, -0.2) is 33.7 Å². The van der Waals surface area contributed by atoms with Crippen LogP contribution in [-0.2, 0) is 12.1 Å². The van der Waals surface area contributed by atoms with Gasteiger partial charge in [-0.3, -0.25) is 0 Å². The molecule has 3 rings (SSSR count). The second kappa shape index (κ2) is 9.34. The number of aliphatic imine (C=N–C) groups is 1. The number of aliphatic hydroxyl groups is 1. The van der Waals surface area contributed by atoms with Crippen LogP contribution in [0, 0.1) is 5.82 Å². The van der Waals surface area contributed by atoms with Gasteiger partial charge >= 0.3 is 0 Å². The predicted octanol–water partition coefficient (Wildman–Crippen LogP) is 2.97. The van der Waals surface area contributed by atoms with E-state index < -0.39 is 5.60 Å². The number of nitrogens with one attached hydrogen (secondary N) is 2. The molecule has 3 N–H and O–H groups in total. The van der Waals surface area contributed by atoms with Gasteiger partial charge in [0.05, 0.1) is 25.1 Å². The lowest BCUT2D eigenvalue weighted by molar-refractivity contribution is 0.0617. The Morgan fingerprint density at radius 1 is 1.21 bits per heavy atom. The summed E-state index contributed by atoms with van der Waals surface area (Å²) in [5.41, 5.74) is 0.966. The van der Waals surface area contributed by atoms with E-state index >= 15 is 0 Å². The molecule has 0 aliphatic carbocycles. The van der Waals surface area contributed by atoms with Gasteiger partial charge < -0.3 is 20.3 Å². The number of hydrogen-bond donors (Lipinski definition) is 3. The van der Waals surface area contributed by atoms with Gasteiger partial charge in [0, 0.05) is 18.9 Å². The van der Waals surface area contributed by atoms with Crippen LogP contribution in [0.15, 0.2) is 72.2 Å². The first kappa shape index (κ1) is 20.5. The summed E-state index contributed by atoms with van der Waals surface area (Å²) < 4.78 is 16.0. The summed E-state index contributed by atoms with van der Waals surface area (Å²) in [4.78, 5) is 8.45. The third kappa shape index (κ3) is 5.42. The topological polar surface area (TPSA) is 74.5 Å². The molecule has 1 aromatic heterocycles. The Labute approximate surface area is 170 Å². The van der Waals surface area contributed by atoms with Crippen molar-refractivity contribution in [3.8, 4) is 5.69 Å². The van der Waals surface area contributed by atoms with E-state index in [2.05, 4.69) is 20.6 Å². The van der Waals surface area contributed by atoms with Crippen LogP contribution in [0.2, 0.25) is 0 Å². The van der Waals surface area contributed by atoms with Gasteiger partial charge in [0.1, 0.15) is 11.4 Å². The van der Waals surface area contributed by atoms with Crippen LogP contribution >= 0.6 is 0 Å². The zero-order chi connectivity index (χ0) is 20.7. The van der Waals surface area contributed by atoms with Crippen molar-refractivity contribution in [3.05, 3.63) is 84.2 Å². The van der Waals surface area contributed by atoms with Gasteiger partial charge in [0.2, 0.25) is 0 Å². The molecule has 29 heavy (non-hydrogen) atoms. The highest BCUT2D eigenvalue weighted by molar-refractivity contribution is 5.79. The van der Waals surface area contributed by atoms with Gasteiger partial charge in [-0.1, -0.05) is 36.4 Å². The molecule has 1 atom stereocenters. The van der Waals surface area contributed by atoms with Gasteiger partial charge in [0.25, 0.3) is 0 Å². The molecule has 6 nitrogen and oxygen atoms in total. The van der Waals surface area contributed by atoms with Crippen molar-refractivity contribution in [2.75, 3.05) is 13.1 Å². The zero-order valence-corrected chi connectivity index (χ0v) is 16.6. The molecular weight excluding hydrogens is 369 g/mol. The molecule has 1 unspecified atom stereocenters. The molecule has 0 bridgehead atoms. The number of hydrogen-bond acceptors (Lipinski definition) is 3. The molecule has 0 spiro atoms. The van der Waals surface area contributed by atoms with Crippen molar-refractivity contribution in [2.24, 2.45) is 4.99 Å². The Balaban J connectivity index is 1.67. The van der Waals surface area contributed by atoms with Crippen LogP contribution < -0.4 is 10.6 Å². The Kier molecular flexibility index (Phi) is 6.61. The first-order valence-corrected chi connectivity index (χ1v) is 9.56. The quantitative estimate of drug-likeness (QED) is 0.425.